The van der Waals surface area contributed by atoms with Crippen molar-refractivity contribution in [2.45, 2.75) is 74.1 Å². The lowest BCUT2D eigenvalue weighted by Crippen LogP contribution is -2.42. The first-order valence-electron chi connectivity index (χ1n) is 11.6. The number of nitrogens with one attached hydrogen (secondary N) is 3. The van der Waals surface area contributed by atoms with E-state index in [9.17, 15) is 18.0 Å². The average molecular weight is 572 g/mol. The van der Waals surface area contributed by atoms with Gasteiger partial charge in [-0.25, -0.2) is 4.79 Å². The van der Waals surface area contributed by atoms with Gasteiger partial charge < -0.3 is 20.7 Å². The van der Waals surface area contributed by atoms with Crippen molar-refractivity contribution in [2.75, 3.05) is 17.2 Å². The third-order valence-electron chi connectivity index (χ3n) is 5.94. The van der Waals surface area contributed by atoms with Crippen molar-refractivity contribution in [3.8, 4) is 0 Å². The molecular weight excluding hydrogens is 543 g/mol. The van der Waals surface area contributed by atoms with E-state index >= 15 is 0 Å². The highest BCUT2D eigenvalue weighted by Crippen LogP contribution is 2.50. The fraction of sp³-hybridized carbons (Fsp3) is 0.480. The number of carbonyl (C=O) groups excluding carboxylic acids is 1. The topological polar surface area (TPSA) is 62.4 Å². The van der Waals surface area contributed by atoms with Crippen LogP contribution in [0.1, 0.15) is 52.0 Å². The lowest BCUT2D eigenvalue weighted by atomic mass is 9.85. The van der Waals surface area contributed by atoms with E-state index in [1.54, 1.807) is 0 Å². The summed E-state index contributed by atoms with van der Waals surface area (Å²) in [4.78, 5) is 13.5. The first-order chi connectivity index (χ1) is 16.4. The van der Waals surface area contributed by atoms with Crippen LogP contribution < -0.4 is 16.0 Å². The quantitative estimate of drug-likeness (QED) is 0.295. The minimum Gasteiger partial charge on any atom is -0.444 e. The van der Waals surface area contributed by atoms with Crippen LogP contribution in [-0.4, -0.2) is 24.3 Å². The van der Waals surface area contributed by atoms with Gasteiger partial charge in [0.1, 0.15) is 5.60 Å². The maximum absolute atomic E-state index is 13.7. The molecule has 1 saturated carbocycles. The summed E-state index contributed by atoms with van der Waals surface area (Å²) in [6.07, 6.45) is -1.40. The van der Waals surface area contributed by atoms with E-state index in [0.29, 0.717) is 22.8 Å². The van der Waals surface area contributed by atoms with Gasteiger partial charge in [-0.3, -0.25) is 0 Å². The van der Waals surface area contributed by atoms with Crippen molar-refractivity contribution < 1.29 is 22.7 Å². The molecule has 0 saturated heterocycles. The Balaban J connectivity index is 1.48. The largest absolute Gasteiger partial charge is 0.444 e. The summed E-state index contributed by atoms with van der Waals surface area (Å²) in [7, 11) is 0. The van der Waals surface area contributed by atoms with Crippen LogP contribution in [0.4, 0.5) is 35.0 Å². The molecule has 1 fully saturated rings. The Morgan fingerprint density at radius 3 is 2.66 bits per heavy atom. The maximum Gasteiger partial charge on any atom is 0.416 e. The molecule has 2 unspecified atom stereocenters. The first-order valence-corrected chi connectivity index (χ1v) is 13.2. The molecule has 1 amide bonds. The first kappa shape index (κ1) is 26.0. The van der Waals surface area contributed by atoms with Crippen molar-refractivity contribution in [3.63, 3.8) is 0 Å². The molecule has 0 radical (unpaired) electrons. The standard InChI is InChI=1S/C25H29BrF3N3O2S/c1-24(2,3)34-23(33)31-17-6-4-5-14(9-17)13-30-19-10-15(25(27,28)29)11-21-22(19)32-18-8-7-16(26)12-20(18)35-21/h7-8,10-12,14,17,30,32H,4-6,9,13H2,1-3H3,(H,31,33). The summed E-state index contributed by atoms with van der Waals surface area (Å²) < 4.78 is 47.2. The lowest BCUT2D eigenvalue weighted by molar-refractivity contribution is -0.137. The van der Waals surface area contributed by atoms with Crippen LogP contribution >= 0.6 is 27.7 Å². The van der Waals surface area contributed by atoms with E-state index in [-0.39, 0.29) is 12.0 Å². The fourth-order valence-corrected chi connectivity index (χ4v) is 6.01. The molecule has 190 valence electrons. The number of carbonyl (C=O) groups is 1. The normalized spacial score (nSPS) is 19.7. The highest BCUT2D eigenvalue weighted by Gasteiger charge is 2.34. The van der Waals surface area contributed by atoms with E-state index in [4.69, 9.17) is 4.74 Å². The minimum absolute atomic E-state index is 0.0140. The number of rotatable bonds is 4. The third kappa shape index (κ3) is 6.78. The summed E-state index contributed by atoms with van der Waals surface area (Å²) in [5.41, 5.74) is 0.685. The Kier molecular flexibility index (Phi) is 7.52. The van der Waals surface area contributed by atoms with Crippen LogP contribution in [0.25, 0.3) is 0 Å². The van der Waals surface area contributed by atoms with Gasteiger partial charge in [-0.05, 0) is 76.3 Å². The predicted octanol–water partition coefficient (Wildman–Crippen LogP) is 8.17. The molecule has 5 nitrogen and oxygen atoms in total. The molecule has 1 aliphatic carbocycles. The second-order valence-electron chi connectivity index (χ2n) is 10.0. The molecule has 3 N–H and O–H groups in total. The number of hydrogen-bond donors (Lipinski definition) is 3. The highest BCUT2D eigenvalue weighted by molar-refractivity contribution is 9.10. The summed E-state index contributed by atoms with van der Waals surface area (Å²) in [6.45, 7) is 5.97. The Morgan fingerprint density at radius 1 is 1.17 bits per heavy atom. The summed E-state index contributed by atoms with van der Waals surface area (Å²) >= 11 is 4.75. The van der Waals surface area contributed by atoms with Gasteiger partial charge in [0.25, 0.3) is 0 Å². The zero-order valence-electron chi connectivity index (χ0n) is 19.8. The van der Waals surface area contributed by atoms with E-state index in [0.717, 1.165) is 40.7 Å². The van der Waals surface area contributed by atoms with Crippen LogP contribution in [0.15, 0.2) is 44.6 Å². The molecule has 0 bridgehead atoms. The molecule has 0 aromatic heterocycles. The van der Waals surface area contributed by atoms with Crippen molar-refractivity contribution in [1.82, 2.24) is 5.32 Å². The molecule has 2 aliphatic rings. The number of amides is 1. The van der Waals surface area contributed by atoms with Crippen LogP contribution in [0.5, 0.6) is 0 Å². The molecule has 10 heteroatoms. The van der Waals surface area contributed by atoms with Gasteiger partial charge in [0.15, 0.2) is 0 Å². The van der Waals surface area contributed by atoms with Gasteiger partial charge in [-0.2, -0.15) is 13.2 Å². The number of halogens is 4. The summed E-state index contributed by atoms with van der Waals surface area (Å²) in [5, 5.41) is 9.54. The number of anilines is 3. The molecular formula is C25H29BrF3N3O2S. The molecule has 0 spiro atoms. The third-order valence-corrected chi connectivity index (χ3v) is 7.53. The number of alkyl carbamates (subject to hydrolysis) is 1. The second kappa shape index (κ2) is 10.1. The number of alkyl halides is 3. The van der Waals surface area contributed by atoms with Crippen molar-refractivity contribution >= 4 is 50.8 Å². The number of hydrogen-bond acceptors (Lipinski definition) is 5. The Bertz CT molecular complexity index is 1100. The molecule has 1 aliphatic heterocycles. The van der Waals surface area contributed by atoms with Gasteiger partial charge in [0.05, 0.1) is 22.6 Å². The van der Waals surface area contributed by atoms with E-state index in [2.05, 4.69) is 31.9 Å². The molecule has 1 heterocycles. The monoisotopic (exact) mass is 571 g/mol. The van der Waals surface area contributed by atoms with Gasteiger partial charge in [0, 0.05) is 26.9 Å². The Labute approximate surface area is 216 Å². The SMILES string of the molecule is CC(C)(C)OC(=O)NC1CCCC(CNc2cc(C(F)(F)F)cc3c2Nc2ccc(Br)cc2S3)C1. The van der Waals surface area contributed by atoms with Gasteiger partial charge >= 0.3 is 12.3 Å². The van der Waals surface area contributed by atoms with Gasteiger partial charge in [-0.1, -0.05) is 34.1 Å². The summed E-state index contributed by atoms with van der Waals surface area (Å²) in [5.74, 6) is 0.216. The minimum atomic E-state index is -4.45. The van der Waals surface area contributed by atoms with Crippen LogP contribution in [0.2, 0.25) is 0 Å². The molecule has 4 rings (SSSR count). The number of ether oxygens (including phenoxy) is 1. The van der Waals surface area contributed by atoms with E-state index in [1.165, 1.54) is 23.9 Å². The van der Waals surface area contributed by atoms with Crippen molar-refractivity contribution in [1.29, 1.82) is 0 Å². The summed E-state index contributed by atoms with van der Waals surface area (Å²) in [6, 6.07) is 8.06. The van der Waals surface area contributed by atoms with E-state index < -0.39 is 23.4 Å². The Hall–Kier alpha value is -2.07. The van der Waals surface area contributed by atoms with Crippen molar-refractivity contribution in [3.05, 3.63) is 40.4 Å². The lowest BCUT2D eigenvalue weighted by Gasteiger charge is -2.31. The molecule has 2 aromatic carbocycles. The van der Waals surface area contributed by atoms with Gasteiger partial charge in [-0.15, -0.1) is 0 Å². The van der Waals surface area contributed by atoms with Crippen LogP contribution in [-0.2, 0) is 10.9 Å². The smallest absolute Gasteiger partial charge is 0.416 e. The van der Waals surface area contributed by atoms with Crippen LogP contribution in [0, 0.1) is 5.92 Å². The molecule has 2 atom stereocenters. The van der Waals surface area contributed by atoms with Crippen molar-refractivity contribution in [2.24, 2.45) is 5.92 Å². The Morgan fingerprint density at radius 2 is 1.94 bits per heavy atom. The van der Waals surface area contributed by atoms with E-state index in [1.807, 2.05) is 39.0 Å². The number of benzene rings is 2. The zero-order chi connectivity index (χ0) is 25.4. The predicted molar refractivity (Wildman–Crippen MR) is 137 cm³/mol. The second-order valence-corrected chi connectivity index (χ2v) is 12.0. The highest BCUT2D eigenvalue weighted by atomic mass is 79.9. The molecule has 35 heavy (non-hydrogen) atoms. The molecule has 2 aromatic rings. The fourth-order valence-electron chi connectivity index (χ4n) is 4.40. The number of fused-ring (bicyclic) bond motifs is 2. The average Bonchev–Trinajstić information content (AvgIpc) is 2.74. The van der Waals surface area contributed by atoms with Crippen LogP contribution in [0.3, 0.4) is 0 Å². The van der Waals surface area contributed by atoms with Gasteiger partial charge in [0.2, 0.25) is 0 Å². The maximum atomic E-state index is 13.7. The zero-order valence-corrected chi connectivity index (χ0v) is 22.2.